The molecule has 1 aliphatic rings. The quantitative estimate of drug-likeness (QED) is 0.771. The Bertz CT molecular complexity index is 371. The van der Waals surface area contributed by atoms with Crippen LogP contribution in [-0.2, 0) is 11.3 Å². The Morgan fingerprint density at radius 3 is 2.80 bits per heavy atom. The van der Waals surface area contributed by atoms with Crippen LogP contribution in [0.1, 0.15) is 23.8 Å². The third kappa shape index (κ3) is 2.23. The van der Waals surface area contributed by atoms with Crippen molar-refractivity contribution in [1.82, 2.24) is 4.90 Å². The maximum Gasteiger partial charge on any atom is 0.226 e. The van der Waals surface area contributed by atoms with Gasteiger partial charge in [0.2, 0.25) is 5.91 Å². The van der Waals surface area contributed by atoms with Gasteiger partial charge in [-0.05, 0) is 36.3 Å². The Balaban J connectivity index is 1.95. The Kier molecular flexibility index (Phi) is 2.83. The largest absolute Gasteiger partial charge is 0.340 e. The lowest BCUT2D eigenvalue weighted by Crippen LogP contribution is -2.27. The van der Waals surface area contributed by atoms with Crippen molar-refractivity contribution in [3.63, 3.8) is 0 Å². The molecule has 0 radical (unpaired) electrons. The average Bonchev–Trinajstić information content (AvgIpc) is 2.79. The molecule has 0 aliphatic heterocycles. The number of nitrogens with zero attached hydrogens (tertiary/aromatic N) is 1. The summed E-state index contributed by atoms with van der Waals surface area (Å²) in [7, 11) is 1.91. The lowest BCUT2D eigenvalue weighted by Gasteiger charge is -2.16. The molecular formula is C12H17NOS. The molecule has 2 nitrogen and oxygen atoms in total. The van der Waals surface area contributed by atoms with Crippen molar-refractivity contribution in [2.45, 2.75) is 26.8 Å². The highest BCUT2D eigenvalue weighted by Crippen LogP contribution is 2.39. The molecule has 1 saturated carbocycles. The molecule has 1 aliphatic carbocycles. The van der Waals surface area contributed by atoms with Crippen LogP contribution in [0.25, 0.3) is 0 Å². The summed E-state index contributed by atoms with van der Waals surface area (Å²) in [5, 5.41) is 2.09. The first-order chi connectivity index (χ1) is 7.09. The lowest BCUT2D eigenvalue weighted by molar-refractivity contribution is -0.132. The number of amides is 1. The molecule has 0 bridgehead atoms. The van der Waals surface area contributed by atoms with Gasteiger partial charge in [0, 0.05) is 17.8 Å². The van der Waals surface area contributed by atoms with Crippen molar-refractivity contribution in [1.29, 1.82) is 0 Å². The minimum Gasteiger partial charge on any atom is -0.340 e. The van der Waals surface area contributed by atoms with Crippen molar-refractivity contribution in [3.05, 3.63) is 21.9 Å². The van der Waals surface area contributed by atoms with Crippen LogP contribution in [0.3, 0.4) is 0 Å². The highest BCUT2D eigenvalue weighted by Gasteiger charge is 2.40. The van der Waals surface area contributed by atoms with Gasteiger partial charge in [-0.1, -0.05) is 6.92 Å². The molecule has 82 valence electrons. The van der Waals surface area contributed by atoms with Crippen molar-refractivity contribution >= 4 is 17.2 Å². The minimum atomic E-state index is 0.301. The second-order valence-electron chi connectivity index (χ2n) is 4.54. The summed E-state index contributed by atoms with van der Waals surface area (Å²) >= 11 is 1.73. The van der Waals surface area contributed by atoms with E-state index in [4.69, 9.17) is 0 Å². The van der Waals surface area contributed by atoms with Crippen molar-refractivity contribution in [3.8, 4) is 0 Å². The summed E-state index contributed by atoms with van der Waals surface area (Å²) in [6.07, 6.45) is 1.08. The van der Waals surface area contributed by atoms with Gasteiger partial charge in [-0.15, -0.1) is 11.3 Å². The van der Waals surface area contributed by atoms with Crippen molar-refractivity contribution < 1.29 is 4.79 Å². The maximum absolute atomic E-state index is 11.9. The lowest BCUT2D eigenvalue weighted by atomic mass is 10.2. The Morgan fingerprint density at radius 1 is 1.67 bits per heavy atom. The third-order valence-corrected chi connectivity index (χ3v) is 4.16. The summed E-state index contributed by atoms with van der Waals surface area (Å²) in [5.74, 6) is 1.22. The van der Waals surface area contributed by atoms with Gasteiger partial charge in [0.05, 0.1) is 6.54 Å². The Labute approximate surface area is 94.9 Å². The molecule has 3 heteroatoms. The van der Waals surface area contributed by atoms with Gasteiger partial charge >= 0.3 is 0 Å². The number of thiophene rings is 1. The SMILES string of the molecule is Cc1ccsc1CN(C)C(=O)C1CC1C. The molecule has 1 aromatic rings. The van der Waals surface area contributed by atoms with E-state index in [1.807, 2.05) is 11.9 Å². The first-order valence-corrected chi connectivity index (χ1v) is 6.25. The van der Waals surface area contributed by atoms with E-state index in [1.165, 1.54) is 10.4 Å². The van der Waals surface area contributed by atoms with E-state index in [0.717, 1.165) is 13.0 Å². The molecule has 0 N–H and O–H groups in total. The second-order valence-corrected chi connectivity index (χ2v) is 5.54. The number of rotatable bonds is 3. The van der Waals surface area contributed by atoms with E-state index in [-0.39, 0.29) is 0 Å². The second kappa shape index (κ2) is 3.97. The average molecular weight is 223 g/mol. The number of carbonyl (C=O) groups excluding carboxylic acids is 1. The van der Waals surface area contributed by atoms with E-state index in [2.05, 4.69) is 25.3 Å². The van der Waals surface area contributed by atoms with Crippen LogP contribution in [-0.4, -0.2) is 17.9 Å². The molecule has 2 unspecified atom stereocenters. The molecule has 2 atom stereocenters. The number of hydrogen-bond donors (Lipinski definition) is 0. The standard InChI is InChI=1S/C12H17NOS/c1-8-4-5-15-11(8)7-13(3)12(14)10-6-9(10)2/h4-5,9-10H,6-7H2,1-3H3. The van der Waals surface area contributed by atoms with Crippen LogP contribution in [0, 0.1) is 18.8 Å². The molecule has 0 saturated heterocycles. The van der Waals surface area contributed by atoms with Crippen LogP contribution >= 0.6 is 11.3 Å². The molecule has 0 spiro atoms. The highest BCUT2D eigenvalue weighted by molar-refractivity contribution is 7.10. The highest BCUT2D eigenvalue weighted by atomic mass is 32.1. The monoisotopic (exact) mass is 223 g/mol. The fourth-order valence-corrected chi connectivity index (χ4v) is 2.77. The summed E-state index contributed by atoms with van der Waals surface area (Å²) in [4.78, 5) is 15.1. The Morgan fingerprint density at radius 2 is 2.33 bits per heavy atom. The normalized spacial score (nSPS) is 23.9. The molecule has 2 rings (SSSR count). The number of carbonyl (C=O) groups is 1. The van der Waals surface area contributed by atoms with E-state index in [1.54, 1.807) is 11.3 Å². The molecule has 1 fully saturated rings. The number of aryl methyl sites for hydroxylation is 1. The van der Waals surface area contributed by atoms with Crippen LogP contribution in [0.5, 0.6) is 0 Å². The van der Waals surface area contributed by atoms with Gasteiger partial charge < -0.3 is 4.90 Å². The maximum atomic E-state index is 11.9. The van der Waals surface area contributed by atoms with Gasteiger partial charge in [-0.3, -0.25) is 4.79 Å². The van der Waals surface area contributed by atoms with Crippen LogP contribution in [0.4, 0.5) is 0 Å². The zero-order valence-electron chi connectivity index (χ0n) is 9.49. The zero-order valence-corrected chi connectivity index (χ0v) is 10.3. The van der Waals surface area contributed by atoms with Crippen LogP contribution in [0.2, 0.25) is 0 Å². The fourth-order valence-electron chi connectivity index (χ4n) is 1.81. The molecule has 0 aromatic carbocycles. The topological polar surface area (TPSA) is 20.3 Å². The first-order valence-electron chi connectivity index (χ1n) is 5.37. The third-order valence-electron chi connectivity index (χ3n) is 3.15. The van der Waals surface area contributed by atoms with E-state index in [0.29, 0.717) is 17.7 Å². The van der Waals surface area contributed by atoms with Gasteiger partial charge in [0.25, 0.3) is 0 Å². The summed E-state index contributed by atoms with van der Waals surface area (Å²) in [6.45, 7) is 5.02. The molecule has 1 aromatic heterocycles. The van der Waals surface area contributed by atoms with E-state index < -0.39 is 0 Å². The van der Waals surface area contributed by atoms with E-state index in [9.17, 15) is 4.79 Å². The molecule has 1 heterocycles. The Hall–Kier alpha value is -0.830. The number of hydrogen-bond acceptors (Lipinski definition) is 2. The summed E-state index contributed by atoms with van der Waals surface area (Å²) in [5.41, 5.74) is 1.29. The summed E-state index contributed by atoms with van der Waals surface area (Å²) in [6, 6.07) is 2.11. The first kappa shape index (κ1) is 10.7. The minimum absolute atomic E-state index is 0.301. The molecule has 1 amide bonds. The van der Waals surface area contributed by atoms with Gasteiger partial charge in [0.1, 0.15) is 0 Å². The van der Waals surface area contributed by atoms with E-state index >= 15 is 0 Å². The predicted octanol–water partition coefficient (Wildman–Crippen LogP) is 2.67. The molecular weight excluding hydrogens is 206 g/mol. The van der Waals surface area contributed by atoms with Gasteiger partial charge in [-0.2, -0.15) is 0 Å². The van der Waals surface area contributed by atoms with Crippen LogP contribution in [0.15, 0.2) is 11.4 Å². The van der Waals surface area contributed by atoms with Crippen molar-refractivity contribution in [2.75, 3.05) is 7.05 Å². The smallest absolute Gasteiger partial charge is 0.226 e. The fraction of sp³-hybridized carbons (Fsp3) is 0.583. The van der Waals surface area contributed by atoms with Crippen molar-refractivity contribution in [2.24, 2.45) is 11.8 Å². The van der Waals surface area contributed by atoms with Crippen LogP contribution < -0.4 is 0 Å². The van der Waals surface area contributed by atoms with Gasteiger partial charge in [0.15, 0.2) is 0 Å². The molecule has 15 heavy (non-hydrogen) atoms. The summed E-state index contributed by atoms with van der Waals surface area (Å²) < 4.78 is 0. The predicted molar refractivity (Wildman–Crippen MR) is 62.8 cm³/mol. The van der Waals surface area contributed by atoms with Gasteiger partial charge in [-0.25, -0.2) is 0 Å². The zero-order chi connectivity index (χ0) is 11.0.